The van der Waals surface area contributed by atoms with E-state index < -0.39 is 15.3 Å². The van der Waals surface area contributed by atoms with Crippen molar-refractivity contribution in [2.75, 3.05) is 10.0 Å². The minimum Gasteiger partial charge on any atom is -0.332 e. The Balaban J connectivity index is 1.31. The number of halogens is 1. The molecule has 12 heteroatoms. The first-order valence-electron chi connectivity index (χ1n) is 13.4. The van der Waals surface area contributed by atoms with Crippen LogP contribution in [-0.4, -0.2) is 39.7 Å². The number of imidazole rings is 1. The van der Waals surface area contributed by atoms with E-state index in [1.807, 2.05) is 32.9 Å². The monoisotopic (exact) mass is 632 g/mol. The molecule has 0 saturated heterocycles. The van der Waals surface area contributed by atoms with Gasteiger partial charge in [-0.15, -0.1) is 10.2 Å². The number of aromatic nitrogens is 4. The van der Waals surface area contributed by atoms with Crippen LogP contribution in [0.4, 0.5) is 11.5 Å². The molecule has 2 heterocycles. The molecule has 1 amide bonds. The van der Waals surface area contributed by atoms with Gasteiger partial charge in [0.05, 0.1) is 21.5 Å². The molecule has 0 radical (unpaired) electrons. The molecule has 0 aliphatic rings. The maximum Gasteiger partial charge on any atom is 0.263 e. The van der Waals surface area contributed by atoms with Crippen LogP contribution in [0.3, 0.4) is 0 Å². The number of anilines is 2. The Morgan fingerprint density at radius 1 is 0.884 bits per heavy atom. The summed E-state index contributed by atoms with van der Waals surface area (Å²) in [6, 6.07) is 25.2. The van der Waals surface area contributed by atoms with E-state index in [2.05, 4.69) is 61.6 Å². The fourth-order valence-corrected chi connectivity index (χ4v) is 6.23. The van der Waals surface area contributed by atoms with Crippen LogP contribution in [0.2, 0.25) is 5.15 Å². The molecule has 0 spiro atoms. The maximum atomic E-state index is 13.3. The van der Waals surface area contributed by atoms with Crippen LogP contribution < -0.4 is 10.0 Å². The number of sulfonamides is 1. The Hall–Kier alpha value is -4.19. The SMILES string of the molecule is CCC(Sc1nc(-c2ccc(C)cc2)c(-c2ccc(C)cc2)[nH]1)C(=O)Nc1ccc(S(=O)(=O)Nc2ccc(Cl)nn2)cc1. The highest BCUT2D eigenvalue weighted by molar-refractivity contribution is 8.00. The van der Waals surface area contributed by atoms with Gasteiger partial charge in [0, 0.05) is 16.8 Å². The van der Waals surface area contributed by atoms with Gasteiger partial charge in [-0.05, 0) is 56.7 Å². The first kappa shape index (κ1) is 30.3. The molecule has 0 aliphatic heterocycles. The molecule has 0 aliphatic carbocycles. The van der Waals surface area contributed by atoms with Gasteiger partial charge in [-0.2, -0.15) is 0 Å². The third kappa shape index (κ3) is 7.42. The van der Waals surface area contributed by atoms with E-state index in [1.54, 1.807) is 0 Å². The van der Waals surface area contributed by atoms with E-state index in [4.69, 9.17) is 16.6 Å². The Morgan fingerprint density at radius 3 is 2.09 bits per heavy atom. The topological polar surface area (TPSA) is 130 Å². The maximum absolute atomic E-state index is 13.3. The van der Waals surface area contributed by atoms with E-state index >= 15 is 0 Å². The van der Waals surface area contributed by atoms with Crippen molar-refractivity contribution in [3.63, 3.8) is 0 Å². The summed E-state index contributed by atoms with van der Waals surface area (Å²) >= 11 is 7.06. The predicted octanol–water partition coefficient (Wildman–Crippen LogP) is 7.11. The Kier molecular flexibility index (Phi) is 9.14. The molecule has 0 saturated carbocycles. The van der Waals surface area contributed by atoms with Crippen LogP contribution >= 0.6 is 23.4 Å². The predicted molar refractivity (Wildman–Crippen MR) is 172 cm³/mol. The molecule has 3 aromatic carbocycles. The first-order valence-corrected chi connectivity index (χ1v) is 16.2. The van der Waals surface area contributed by atoms with Crippen molar-refractivity contribution >= 4 is 50.8 Å². The number of H-pyrrole nitrogens is 1. The third-order valence-corrected chi connectivity index (χ3v) is 9.39. The molecule has 5 rings (SSSR count). The molecule has 9 nitrogen and oxygen atoms in total. The molecule has 5 aromatic rings. The standard InChI is InChI=1S/C31H29ClN6O3S2/c1-4-25(30(39)33-23-13-15-24(16-14-23)43(40,41)38-27-18-17-26(32)36-37-27)42-31-34-28(21-9-5-19(2)6-10-21)29(35-31)22-11-7-20(3)8-12-22/h5-18,25H,4H2,1-3H3,(H,33,39)(H,34,35)(H,37,38). The molecule has 0 fully saturated rings. The number of nitrogens with one attached hydrogen (secondary N) is 3. The van der Waals surface area contributed by atoms with Gasteiger partial charge in [-0.3, -0.25) is 9.52 Å². The highest BCUT2D eigenvalue weighted by Gasteiger charge is 2.23. The lowest BCUT2D eigenvalue weighted by Gasteiger charge is -2.14. The fourth-order valence-electron chi connectivity index (χ4n) is 4.22. The lowest BCUT2D eigenvalue weighted by molar-refractivity contribution is -0.115. The Bertz CT molecular complexity index is 1760. The summed E-state index contributed by atoms with van der Waals surface area (Å²) < 4.78 is 27.8. The third-order valence-electron chi connectivity index (χ3n) is 6.57. The van der Waals surface area contributed by atoms with Crippen LogP contribution in [0.5, 0.6) is 0 Å². The summed E-state index contributed by atoms with van der Waals surface area (Å²) in [6.45, 7) is 6.02. The zero-order valence-corrected chi connectivity index (χ0v) is 26.0. The summed E-state index contributed by atoms with van der Waals surface area (Å²) in [6.07, 6.45) is 0.551. The van der Waals surface area contributed by atoms with Crippen LogP contribution in [0.25, 0.3) is 22.5 Å². The number of rotatable bonds is 10. The van der Waals surface area contributed by atoms with Crippen molar-refractivity contribution < 1.29 is 13.2 Å². The number of carbonyl (C=O) groups excluding carboxylic acids is 1. The van der Waals surface area contributed by atoms with Gasteiger partial charge in [0.25, 0.3) is 10.0 Å². The number of aromatic amines is 1. The minimum absolute atomic E-state index is 0.00604. The van der Waals surface area contributed by atoms with Gasteiger partial charge in [0.15, 0.2) is 16.1 Å². The lowest BCUT2D eigenvalue weighted by Crippen LogP contribution is -2.24. The largest absolute Gasteiger partial charge is 0.332 e. The van der Waals surface area contributed by atoms with Crippen LogP contribution in [0, 0.1) is 13.8 Å². The molecule has 220 valence electrons. The van der Waals surface area contributed by atoms with Crippen molar-refractivity contribution in [2.24, 2.45) is 0 Å². The Morgan fingerprint density at radius 2 is 1.51 bits per heavy atom. The van der Waals surface area contributed by atoms with Gasteiger partial charge < -0.3 is 10.3 Å². The van der Waals surface area contributed by atoms with Gasteiger partial charge >= 0.3 is 0 Å². The zero-order valence-electron chi connectivity index (χ0n) is 23.6. The van der Waals surface area contributed by atoms with Crippen LogP contribution in [0.1, 0.15) is 24.5 Å². The van der Waals surface area contributed by atoms with E-state index in [0.29, 0.717) is 17.3 Å². The second-order valence-corrected chi connectivity index (χ2v) is 13.1. The van der Waals surface area contributed by atoms with Crippen molar-refractivity contribution in [3.05, 3.63) is 101 Å². The summed E-state index contributed by atoms with van der Waals surface area (Å²) in [5.41, 5.74) is 6.48. The second kappa shape index (κ2) is 13.0. The molecule has 43 heavy (non-hydrogen) atoms. The number of nitrogens with zero attached hydrogens (tertiary/aromatic N) is 3. The normalized spacial score (nSPS) is 12.1. The van der Waals surface area contributed by atoms with Crippen molar-refractivity contribution in [1.29, 1.82) is 0 Å². The fraction of sp³-hybridized carbons (Fsp3) is 0.161. The number of amides is 1. The summed E-state index contributed by atoms with van der Waals surface area (Å²) in [5.74, 6) is -0.179. The van der Waals surface area contributed by atoms with Crippen molar-refractivity contribution in [1.82, 2.24) is 20.2 Å². The second-order valence-electron chi connectivity index (χ2n) is 9.87. The number of aryl methyl sites for hydroxylation is 2. The smallest absolute Gasteiger partial charge is 0.263 e. The molecule has 0 bridgehead atoms. The van der Waals surface area contributed by atoms with Gasteiger partial charge in [-0.1, -0.05) is 89.9 Å². The first-order chi connectivity index (χ1) is 20.6. The van der Waals surface area contributed by atoms with Gasteiger partial charge in [-0.25, -0.2) is 13.4 Å². The average Bonchev–Trinajstić information content (AvgIpc) is 3.42. The number of hydrogen-bond acceptors (Lipinski definition) is 7. The van der Waals surface area contributed by atoms with Crippen molar-refractivity contribution in [3.8, 4) is 22.5 Å². The number of hydrogen-bond donors (Lipinski definition) is 3. The summed E-state index contributed by atoms with van der Waals surface area (Å²) in [4.78, 5) is 21.6. The van der Waals surface area contributed by atoms with Crippen LogP contribution in [-0.2, 0) is 14.8 Å². The summed E-state index contributed by atoms with van der Waals surface area (Å²) in [7, 11) is -3.91. The van der Waals surface area contributed by atoms with Crippen molar-refractivity contribution in [2.45, 2.75) is 42.5 Å². The number of thioether (sulfide) groups is 1. The average molecular weight is 633 g/mol. The Labute approximate surface area is 259 Å². The summed E-state index contributed by atoms with van der Waals surface area (Å²) in [5, 5.41) is 10.6. The highest BCUT2D eigenvalue weighted by atomic mass is 35.5. The lowest BCUT2D eigenvalue weighted by atomic mass is 10.0. The van der Waals surface area contributed by atoms with E-state index in [-0.39, 0.29) is 21.8 Å². The zero-order chi connectivity index (χ0) is 30.6. The quantitative estimate of drug-likeness (QED) is 0.140. The number of benzene rings is 3. The van der Waals surface area contributed by atoms with Crippen LogP contribution in [0.15, 0.2) is 95.0 Å². The van der Waals surface area contributed by atoms with E-state index in [1.165, 1.54) is 48.2 Å². The van der Waals surface area contributed by atoms with Gasteiger partial charge in [0.1, 0.15) is 0 Å². The molecular weight excluding hydrogens is 604 g/mol. The van der Waals surface area contributed by atoms with Gasteiger partial charge in [0.2, 0.25) is 5.91 Å². The molecular formula is C31H29ClN6O3S2. The molecule has 1 atom stereocenters. The molecule has 3 N–H and O–H groups in total. The molecule has 2 aromatic heterocycles. The number of carbonyl (C=O) groups is 1. The highest BCUT2D eigenvalue weighted by Crippen LogP contribution is 2.35. The molecule has 1 unspecified atom stereocenters. The van der Waals surface area contributed by atoms with E-state index in [0.717, 1.165) is 33.6 Å². The minimum atomic E-state index is -3.91. The van der Waals surface area contributed by atoms with E-state index in [9.17, 15) is 13.2 Å².